The lowest BCUT2D eigenvalue weighted by Crippen LogP contribution is -2.20. The molecule has 0 saturated heterocycles. The van der Waals surface area contributed by atoms with E-state index in [1.807, 2.05) is 37.6 Å². The molecule has 22 heavy (non-hydrogen) atoms. The average molecular weight is 302 g/mol. The van der Waals surface area contributed by atoms with Crippen molar-refractivity contribution in [3.8, 4) is 0 Å². The molecule has 0 fully saturated rings. The number of fused-ring (bicyclic) bond motifs is 1. The molecule has 1 aromatic carbocycles. The minimum absolute atomic E-state index is 0.277. The fourth-order valence-electron chi connectivity index (χ4n) is 2.70. The van der Waals surface area contributed by atoms with Crippen molar-refractivity contribution in [3.05, 3.63) is 47.4 Å². The fourth-order valence-corrected chi connectivity index (χ4v) is 2.70. The summed E-state index contributed by atoms with van der Waals surface area (Å²) in [6.07, 6.45) is 0. The molecule has 2 aromatic heterocycles. The molecule has 2 heterocycles. The van der Waals surface area contributed by atoms with Gasteiger partial charge in [-0.15, -0.1) is 0 Å². The van der Waals surface area contributed by atoms with Crippen LogP contribution in [0, 0.1) is 12.7 Å². The second kappa shape index (κ2) is 5.88. The van der Waals surface area contributed by atoms with E-state index in [0.717, 1.165) is 29.3 Å². The number of hydrogen-bond acceptors (Lipinski definition) is 4. The molecule has 0 spiro atoms. The SMILES string of the molecule is CCn1c(CN(C)Cc2cc(C)on2)nc2c(F)cccc21. The lowest BCUT2D eigenvalue weighted by atomic mass is 10.3. The number of rotatable bonds is 5. The van der Waals surface area contributed by atoms with Gasteiger partial charge in [0.15, 0.2) is 5.82 Å². The van der Waals surface area contributed by atoms with Gasteiger partial charge in [0.05, 0.1) is 17.8 Å². The highest BCUT2D eigenvalue weighted by Gasteiger charge is 2.15. The van der Waals surface area contributed by atoms with Crippen molar-refractivity contribution in [3.63, 3.8) is 0 Å². The molecule has 0 N–H and O–H groups in total. The van der Waals surface area contributed by atoms with Crippen molar-refractivity contribution in [2.24, 2.45) is 0 Å². The van der Waals surface area contributed by atoms with Gasteiger partial charge < -0.3 is 9.09 Å². The van der Waals surface area contributed by atoms with Crippen molar-refractivity contribution in [2.75, 3.05) is 7.05 Å². The van der Waals surface area contributed by atoms with Gasteiger partial charge in [-0.05, 0) is 33.0 Å². The summed E-state index contributed by atoms with van der Waals surface area (Å²) < 4.78 is 21.0. The summed E-state index contributed by atoms with van der Waals surface area (Å²) in [5.74, 6) is 1.37. The Hall–Kier alpha value is -2.21. The Balaban J connectivity index is 1.85. The van der Waals surface area contributed by atoms with Gasteiger partial charge in [-0.2, -0.15) is 0 Å². The normalized spacial score (nSPS) is 11.7. The number of imidazole rings is 1. The van der Waals surface area contributed by atoms with Crippen molar-refractivity contribution in [1.29, 1.82) is 0 Å². The first-order valence-electron chi connectivity index (χ1n) is 7.33. The monoisotopic (exact) mass is 302 g/mol. The second-order valence-corrected chi connectivity index (χ2v) is 5.48. The minimum atomic E-state index is -0.277. The van der Waals surface area contributed by atoms with E-state index in [-0.39, 0.29) is 5.82 Å². The third-order valence-electron chi connectivity index (χ3n) is 3.64. The molecule has 0 aliphatic carbocycles. The molecule has 3 aromatic rings. The van der Waals surface area contributed by atoms with E-state index in [4.69, 9.17) is 4.52 Å². The zero-order valence-corrected chi connectivity index (χ0v) is 13.0. The molecule has 0 aliphatic heterocycles. The molecule has 0 aliphatic rings. The lowest BCUT2D eigenvalue weighted by molar-refractivity contribution is 0.291. The van der Waals surface area contributed by atoms with E-state index >= 15 is 0 Å². The van der Waals surface area contributed by atoms with Gasteiger partial charge in [0.2, 0.25) is 0 Å². The largest absolute Gasteiger partial charge is 0.361 e. The first-order valence-corrected chi connectivity index (χ1v) is 7.33. The van der Waals surface area contributed by atoms with E-state index in [0.29, 0.717) is 18.6 Å². The Morgan fingerprint density at radius 1 is 1.32 bits per heavy atom. The van der Waals surface area contributed by atoms with Crippen LogP contribution in [0.5, 0.6) is 0 Å². The maximum Gasteiger partial charge on any atom is 0.151 e. The molecule has 0 radical (unpaired) electrons. The molecule has 6 heteroatoms. The molecule has 5 nitrogen and oxygen atoms in total. The molecule has 0 unspecified atom stereocenters. The van der Waals surface area contributed by atoms with Crippen molar-refractivity contribution in [1.82, 2.24) is 19.6 Å². The molecular formula is C16H19FN4O. The third kappa shape index (κ3) is 2.74. The van der Waals surface area contributed by atoms with Crippen LogP contribution in [0.3, 0.4) is 0 Å². The summed E-state index contributed by atoms with van der Waals surface area (Å²) >= 11 is 0. The number of para-hydroxylation sites is 1. The highest BCUT2D eigenvalue weighted by molar-refractivity contribution is 5.76. The summed E-state index contributed by atoms with van der Waals surface area (Å²) in [6.45, 7) is 5.94. The summed E-state index contributed by atoms with van der Waals surface area (Å²) in [6, 6.07) is 6.98. The predicted octanol–water partition coefficient (Wildman–Crippen LogP) is 3.12. The van der Waals surface area contributed by atoms with Crippen LogP contribution in [0.2, 0.25) is 0 Å². The van der Waals surface area contributed by atoms with Gasteiger partial charge in [-0.25, -0.2) is 9.37 Å². The number of halogens is 1. The van der Waals surface area contributed by atoms with Crippen molar-refractivity contribution in [2.45, 2.75) is 33.5 Å². The van der Waals surface area contributed by atoms with Crippen molar-refractivity contribution < 1.29 is 8.91 Å². The lowest BCUT2D eigenvalue weighted by Gasteiger charge is -2.15. The van der Waals surface area contributed by atoms with Crippen molar-refractivity contribution >= 4 is 11.0 Å². The molecule has 0 amide bonds. The predicted molar refractivity (Wildman–Crippen MR) is 81.8 cm³/mol. The summed E-state index contributed by atoms with van der Waals surface area (Å²) in [4.78, 5) is 6.56. The van der Waals surface area contributed by atoms with Crippen LogP contribution < -0.4 is 0 Å². The van der Waals surface area contributed by atoms with Crippen LogP contribution in [0.15, 0.2) is 28.8 Å². The second-order valence-electron chi connectivity index (χ2n) is 5.48. The van der Waals surface area contributed by atoms with Gasteiger partial charge in [0.25, 0.3) is 0 Å². The Kier molecular flexibility index (Phi) is 3.94. The van der Waals surface area contributed by atoms with Gasteiger partial charge in [-0.1, -0.05) is 11.2 Å². The summed E-state index contributed by atoms with van der Waals surface area (Å²) in [7, 11) is 1.99. The number of aromatic nitrogens is 3. The quantitative estimate of drug-likeness (QED) is 0.726. The topological polar surface area (TPSA) is 47.1 Å². The van der Waals surface area contributed by atoms with E-state index < -0.39 is 0 Å². The minimum Gasteiger partial charge on any atom is -0.361 e. The van der Waals surface area contributed by atoms with Crippen LogP contribution >= 0.6 is 0 Å². The van der Waals surface area contributed by atoms with Gasteiger partial charge in [-0.3, -0.25) is 4.90 Å². The van der Waals surface area contributed by atoms with E-state index in [9.17, 15) is 4.39 Å². The van der Waals surface area contributed by atoms with Gasteiger partial charge in [0, 0.05) is 19.2 Å². The molecular weight excluding hydrogens is 283 g/mol. The smallest absolute Gasteiger partial charge is 0.151 e. The summed E-state index contributed by atoms with van der Waals surface area (Å²) in [5, 5.41) is 3.99. The standard InChI is InChI=1S/C16H19FN4O/c1-4-21-14-7-5-6-13(17)16(14)18-15(21)10-20(3)9-12-8-11(2)22-19-12/h5-8H,4,9-10H2,1-3H3. The molecule has 3 rings (SSSR count). The van der Waals surface area contributed by atoms with Crippen LogP contribution in [0.25, 0.3) is 11.0 Å². The zero-order chi connectivity index (χ0) is 15.7. The van der Waals surface area contributed by atoms with Crippen LogP contribution in [-0.2, 0) is 19.6 Å². The van der Waals surface area contributed by atoms with Crippen LogP contribution in [0.4, 0.5) is 4.39 Å². The van der Waals surface area contributed by atoms with Gasteiger partial charge >= 0.3 is 0 Å². The fraction of sp³-hybridized carbons (Fsp3) is 0.375. The molecule has 116 valence electrons. The first kappa shape index (κ1) is 14.7. The number of benzene rings is 1. The number of hydrogen-bond donors (Lipinski definition) is 0. The van der Waals surface area contributed by atoms with E-state index in [1.165, 1.54) is 6.07 Å². The Morgan fingerprint density at radius 2 is 2.14 bits per heavy atom. The average Bonchev–Trinajstić information content (AvgIpc) is 3.03. The first-order chi connectivity index (χ1) is 10.6. The van der Waals surface area contributed by atoms with Crippen LogP contribution in [-0.4, -0.2) is 26.7 Å². The Labute approximate surface area is 128 Å². The molecule has 0 bridgehead atoms. The molecule has 0 saturated carbocycles. The third-order valence-corrected chi connectivity index (χ3v) is 3.64. The number of nitrogens with zero attached hydrogens (tertiary/aromatic N) is 4. The Bertz CT molecular complexity index is 793. The van der Waals surface area contributed by atoms with Gasteiger partial charge in [0.1, 0.15) is 17.1 Å². The van der Waals surface area contributed by atoms with E-state index in [2.05, 4.69) is 15.0 Å². The summed E-state index contributed by atoms with van der Waals surface area (Å²) in [5.41, 5.74) is 2.15. The number of aryl methyl sites for hydroxylation is 2. The maximum atomic E-state index is 13.9. The molecule has 0 atom stereocenters. The Morgan fingerprint density at radius 3 is 2.82 bits per heavy atom. The zero-order valence-electron chi connectivity index (χ0n) is 13.0. The maximum absolute atomic E-state index is 13.9. The highest BCUT2D eigenvalue weighted by Crippen LogP contribution is 2.20. The highest BCUT2D eigenvalue weighted by atomic mass is 19.1. The van der Waals surface area contributed by atoms with Crippen LogP contribution in [0.1, 0.15) is 24.2 Å². The van der Waals surface area contributed by atoms with E-state index in [1.54, 1.807) is 6.07 Å².